The van der Waals surface area contributed by atoms with Gasteiger partial charge in [-0.15, -0.1) is 0 Å². The summed E-state index contributed by atoms with van der Waals surface area (Å²) >= 11 is 0. The molecule has 0 unspecified atom stereocenters. The molecule has 1 fully saturated rings. The van der Waals surface area contributed by atoms with E-state index in [-0.39, 0.29) is 23.6 Å². The summed E-state index contributed by atoms with van der Waals surface area (Å²) in [5, 5.41) is 0. The number of likely N-dealkylation sites (tertiary alicyclic amines) is 1. The molecule has 0 aliphatic carbocycles. The van der Waals surface area contributed by atoms with Gasteiger partial charge < -0.3 is 15.4 Å². The van der Waals surface area contributed by atoms with Crippen LogP contribution in [-0.4, -0.2) is 35.2 Å². The smallest absolute Gasteiger partial charge is 0.410 e. The van der Waals surface area contributed by atoms with Crippen molar-refractivity contribution < 1.29 is 9.53 Å². The van der Waals surface area contributed by atoms with Gasteiger partial charge in [0, 0.05) is 12.6 Å². The van der Waals surface area contributed by atoms with E-state index >= 15 is 0 Å². The van der Waals surface area contributed by atoms with Crippen molar-refractivity contribution >= 4 is 6.09 Å². The average Bonchev–Trinajstić information content (AvgIpc) is 2.24. The van der Waals surface area contributed by atoms with E-state index in [1.165, 1.54) is 0 Å². The van der Waals surface area contributed by atoms with Crippen LogP contribution >= 0.6 is 0 Å². The molecule has 0 radical (unpaired) electrons. The van der Waals surface area contributed by atoms with Crippen LogP contribution < -0.4 is 5.73 Å². The van der Waals surface area contributed by atoms with Crippen molar-refractivity contribution in [2.45, 2.75) is 78.5 Å². The molecule has 0 spiro atoms. The van der Waals surface area contributed by atoms with E-state index < -0.39 is 5.60 Å². The Morgan fingerprint density at radius 3 is 2.26 bits per heavy atom. The Labute approximate surface area is 117 Å². The maximum Gasteiger partial charge on any atom is 0.410 e. The quantitative estimate of drug-likeness (QED) is 0.796. The number of hydrogen-bond acceptors (Lipinski definition) is 3. The van der Waals surface area contributed by atoms with E-state index in [1.807, 2.05) is 25.7 Å². The molecular weight excluding hydrogens is 240 g/mol. The van der Waals surface area contributed by atoms with Gasteiger partial charge in [0.15, 0.2) is 0 Å². The molecule has 1 rings (SSSR count). The summed E-state index contributed by atoms with van der Waals surface area (Å²) in [5.74, 6) is 0. The summed E-state index contributed by atoms with van der Waals surface area (Å²) in [7, 11) is 0. The first-order valence-electron chi connectivity index (χ1n) is 7.27. The molecule has 19 heavy (non-hydrogen) atoms. The molecule has 4 nitrogen and oxygen atoms in total. The van der Waals surface area contributed by atoms with Crippen molar-refractivity contribution in [2.24, 2.45) is 11.1 Å². The van der Waals surface area contributed by atoms with E-state index in [4.69, 9.17) is 10.5 Å². The molecule has 0 aromatic carbocycles. The Balaban J connectivity index is 2.81. The van der Waals surface area contributed by atoms with Gasteiger partial charge >= 0.3 is 6.09 Å². The second-order valence-electron chi connectivity index (χ2n) is 7.63. The fourth-order valence-electron chi connectivity index (χ4n) is 2.46. The number of hydrogen-bond donors (Lipinski definition) is 1. The zero-order chi connectivity index (χ0) is 14.8. The number of nitrogens with zero attached hydrogens (tertiary/aromatic N) is 1. The lowest BCUT2D eigenvalue weighted by Gasteiger charge is -2.43. The molecule has 1 aliphatic heterocycles. The minimum absolute atomic E-state index is 0.0116. The number of nitrogens with two attached hydrogens (primary N) is 1. The van der Waals surface area contributed by atoms with Crippen molar-refractivity contribution in [1.82, 2.24) is 4.90 Å². The summed E-state index contributed by atoms with van der Waals surface area (Å²) in [5.41, 5.74) is 5.90. The Kier molecular flexibility index (Phi) is 4.88. The number of carbonyl (C=O) groups is 1. The van der Waals surface area contributed by atoms with E-state index in [1.54, 1.807) is 0 Å². The lowest BCUT2D eigenvalue weighted by molar-refractivity contribution is 0.000814. The molecule has 0 aromatic rings. The minimum Gasteiger partial charge on any atom is -0.444 e. The molecule has 2 atom stereocenters. The highest BCUT2D eigenvalue weighted by molar-refractivity contribution is 5.68. The SMILES string of the molecule is CC(C)(C)OC(=O)N1CCCC[C@H]1[C@@H](N)C(C)(C)C. The van der Waals surface area contributed by atoms with Crippen LogP contribution in [-0.2, 0) is 4.74 Å². The zero-order valence-corrected chi connectivity index (χ0v) is 13.3. The van der Waals surface area contributed by atoms with Crippen LogP contribution in [0.15, 0.2) is 0 Å². The number of rotatable bonds is 1. The standard InChI is InChI=1S/C15H30N2O2/c1-14(2,3)12(16)11-9-7-8-10-17(11)13(18)19-15(4,5)6/h11-12H,7-10,16H2,1-6H3/t11-,12+/m0/s1. The van der Waals surface area contributed by atoms with Crippen molar-refractivity contribution in [2.75, 3.05) is 6.54 Å². The zero-order valence-electron chi connectivity index (χ0n) is 13.3. The predicted octanol–water partition coefficient (Wildman–Crippen LogP) is 3.15. The Hall–Kier alpha value is -0.770. The van der Waals surface area contributed by atoms with Crippen molar-refractivity contribution in [3.05, 3.63) is 0 Å². The fraction of sp³-hybridized carbons (Fsp3) is 0.933. The second kappa shape index (κ2) is 5.70. The topological polar surface area (TPSA) is 55.6 Å². The summed E-state index contributed by atoms with van der Waals surface area (Å²) in [6, 6.07) is 0.0592. The molecule has 1 aliphatic rings. The summed E-state index contributed by atoms with van der Waals surface area (Å²) in [6.45, 7) is 12.8. The van der Waals surface area contributed by atoms with Crippen LogP contribution in [0.5, 0.6) is 0 Å². The fourth-order valence-corrected chi connectivity index (χ4v) is 2.46. The van der Waals surface area contributed by atoms with Crippen LogP contribution in [0, 0.1) is 5.41 Å². The third-order valence-electron chi connectivity index (χ3n) is 3.59. The maximum absolute atomic E-state index is 12.3. The van der Waals surface area contributed by atoms with Crippen molar-refractivity contribution in [1.29, 1.82) is 0 Å². The summed E-state index contributed by atoms with van der Waals surface area (Å²) in [6.07, 6.45) is 2.91. The Morgan fingerprint density at radius 2 is 1.79 bits per heavy atom. The summed E-state index contributed by atoms with van der Waals surface area (Å²) in [4.78, 5) is 14.1. The van der Waals surface area contributed by atoms with Gasteiger partial charge in [-0.2, -0.15) is 0 Å². The maximum atomic E-state index is 12.3. The molecule has 1 heterocycles. The highest BCUT2D eigenvalue weighted by Gasteiger charge is 2.38. The average molecular weight is 270 g/mol. The van der Waals surface area contributed by atoms with Gasteiger partial charge in [-0.25, -0.2) is 4.79 Å². The molecule has 1 saturated heterocycles. The van der Waals surface area contributed by atoms with E-state index in [0.29, 0.717) is 0 Å². The van der Waals surface area contributed by atoms with Crippen LogP contribution in [0.2, 0.25) is 0 Å². The van der Waals surface area contributed by atoms with Crippen molar-refractivity contribution in [3.8, 4) is 0 Å². The van der Waals surface area contributed by atoms with Crippen LogP contribution in [0.4, 0.5) is 4.79 Å². The van der Waals surface area contributed by atoms with E-state index in [9.17, 15) is 4.79 Å². The number of piperidine rings is 1. The molecule has 4 heteroatoms. The van der Waals surface area contributed by atoms with Gasteiger partial charge in [0.1, 0.15) is 5.60 Å². The molecule has 0 bridgehead atoms. The second-order valence-corrected chi connectivity index (χ2v) is 7.63. The first-order chi connectivity index (χ1) is 8.52. The van der Waals surface area contributed by atoms with Gasteiger partial charge in [0.2, 0.25) is 0 Å². The van der Waals surface area contributed by atoms with Gasteiger partial charge in [-0.05, 0) is 45.4 Å². The lowest BCUT2D eigenvalue weighted by Crippen LogP contribution is -2.57. The largest absolute Gasteiger partial charge is 0.444 e. The van der Waals surface area contributed by atoms with Gasteiger partial charge in [0.25, 0.3) is 0 Å². The normalized spacial score (nSPS) is 23.1. The van der Waals surface area contributed by atoms with Gasteiger partial charge in [-0.3, -0.25) is 0 Å². The monoisotopic (exact) mass is 270 g/mol. The van der Waals surface area contributed by atoms with Crippen molar-refractivity contribution in [3.63, 3.8) is 0 Å². The third kappa shape index (κ3) is 4.68. The number of amides is 1. The van der Waals surface area contributed by atoms with Crippen LogP contribution in [0.25, 0.3) is 0 Å². The highest BCUT2D eigenvalue weighted by Crippen LogP contribution is 2.29. The Bertz CT molecular complexity index is 315. The molecule has 0 aromatic heterocycles. The van der Waals surface area contributed by atoms with Gasteiger partial charge in [0.05, 0.1) is 6.04 Å². The molecule has 112 valence electrons. The molecule has 2 N–H and O–H groups in total. The lowest BCUT2D eigenvalue weighted by atomic mass is 9.79. The van der Waals surface area contributed by atoms with E-state index in [0.717, 1.165) is 25.8 Å². The molecular formula is C15H30N2O2. The van der Waals surface area contributed by atoms with Crippen LogP contribution in [0.1, 0.15) is 60.8 Å². The van der Waals surface area contributed by atoms with E-state index in [2.05, 4.69) is 20.8 Å². The highest BCUT2D eigenvalue weighted by atomic mass is 16.6. The first kappa shape index (κ1) is 16.3. The van der Waals surface area contributed by atoms with Gasteiger partial charge in [-0.1, -0.05) is 20.8 Å². The predicted molar refractivity (Wildman–Crippen MR) is 78.0 cm³/mol. The summed E-state index contributed by atoms with van der Waals surface area (Å²) < 4.78 is 5.50. The molecule has 0 saturated carbocycles. The van der Waals surface area contributed by atoms with Crippen LogP contribution in [0.3, 0.4) is 0 Å². The number of carbonyl (C=O) groups excluding carboxylic acids is 1. The first-order valence-corrected chi connectivity index (χ1v) is 7.27. The minimum atomic E-state index is -0.453. The third-order valence-corrected chi connectivity index (χ3v) is 3.59. The molecule has 1 amide bonds. The number of ether oxygens (including phenoxy) is 1. The Morgan fingerprint density at radius 1 is 1.21 bits per heavy atom.